The van der Waals surface area contributed by atoms with Gasteiger partial charge in [-0.15, -0.1) is 0 Å². The zero-order valence-corrected chi connectivity index (χ0v) is 36.2. The van der Waals surface area contributed by atoms with E-state index in [9.17, 15) is 0 Å². The van der Waals surface area contributed by atoms with E-state index in [0.29, 0.717) is 22.3 Å². The Morgan fingerprint density at radius 2 is 0.650 bits per heavy atom. The molecule has 314 valence electrons. The summed E-state index contributed by atoms with van der Waals surface area (Å²) in [5, 5.41) is 0. The minimum atomic E-state index is -4.84. The van der Waals surface area contributed by atoms with E-state index in [0.717, 1.165) is 22.3 Å². The molecule has 0 saturated carbocycles. The van der Waals surface area contributed by atoms with Crippen molar-refractivity contribution in [3.8, 4) is 22.3 Å². The molecule has 8 bridgehead atoms. The number of nitrogens with zero attached hydrogens (tertiary/aromatic N) is 2. The van der Waals surface area contributed by atoms with Gasteiger partial charge < -0.3 is 9.97 Å². The van der Waals surface area contributed by atoms with E-state index in [1.165, 1.54) is 36.4 Å². The van der Waals surface area contributed by atoms with E-state index in [4.69, 9.17) is 0 Å². The van der Waals surface area contributed by atoms with Gasteiger partial charge in [-0.2, -0.15) is 26.3 Å². The molecular weight excluding hydrogens is 771 g/mol. The van der Waals surface area contributed by atoms with Gasteiger partial charge in [-0.25, -0.2) is 9.97 Å². The first-order chi connectivity index (χ1) is 27.5. The smallest absolute Gasteiger partial charge is 0.354 e. The number of nitrogens with one attached hydrogen (secondary N) is 2. The van der Waals surface area contributed by atoms with Crippen molar-refractivity contribution < 1.29 is 26.3 Å². The van der Waals surface area contributed by atoms with Gasteiger partial charge in [-0.3, -0.25) is 0 Å². The van der Waals surface area contributed by atoms with Crippen molar-refractivity contribution >= 4 is 46.4 Å². The Balaban J connectivity index is 1.70. The largest absolute Gasteiger partial charge is 0.420 e. The lowest BCUT2D eigenvalue weighted by Gasteiger charge is -2.26. The van der Waals surface area contributed by atoms with Crippen molar-refractivity contribution in [2.75, 3.05) is 0 Å². The van der Waals surface area contributed by atoms with Crippen molar-refractivity contribution in [2.24, 2.45) is 0 Å². The summed E-state index contributed by atoms with van der Waals surface area (Å²) in [6.45, 7) is 24.7. The molecule has 0 unspecified atom stereocenters. The minimum Gasteiger partial charge on any atom is -0.354 e. The van der Waals surface area contributed by atoms with Crippen LogP contribution in [0.5, 0.6) is 0 Å². The molecule has 2 aliphatic heterocycles. The van der Waals surface area contributed by atoms with E-state index in [-0.39, 0.29) is 66.5 Å². The average Bonchev–Trinajstić information content (AvgIpc) is 3.93. The highest BCUT2D eigenvalue weighted by molar-refractivity contribution is 5.96. The Kier molecular flexibility index (Phi) is 10.0. The van der Waals surface area contributed by atoms with Crippen LogP contribution in [0.1, 0.15) is 139 Å². The minimum absolute atomic E-state index is 0.151. The first kappa shape index (κ1) is 42.7. The lowest BCUT2D eigenvalue weighted by atomic mass is 9.78. The van der Waals surface area contributed by atoms with Gasteiger partial charge in [0.1, 0.15) is 11.1 Å². The fourth-order valence-corrected chi connectivity index (χ4v) is 7.69. The molecule has 2 aromatic carbocycles. The predicted octanol–water partition coefficient (Wildman–Crippen LogP) is 15.2. The van der Waals surface area contributed by atoms with Crippen LogP contribution in [-0.4, -0.2) is 19.9 Å². The maximum Gasteiger partial charge on any atom is 0.420 e. The third-order valence-electron chi connectivity index (χ3n) is 11.2. The highest BCUT2D eigenvalue weighted by Gasteiger charge is 2.38. The third-order valence-corrected chi connectivity index (χ3v) is 11.2. The molecule has 0 aliphatic carbocycles. The SMILES string of the molecule is CC(C)(C)c1cc(-c2c3nc(c(C(F)(F)F)c4ccc([nH]4)c(-c4cc(C(C)(C)C)cc(C(C)(C)C)c4)c4ccc([nH]4)c(C(F)(F)F)c4nc2C=C4)C=C3)cc(C(C)(C)C)c1. The normalized spacial score (nSPS) is 14.0. The second kappa shape index (κ2) is 14.1. The molecule has 0 spiro atoms. The van der Waals surface area contributed by atoms with Crippen LogP contribution >= 0.6 is 0 Å². The van der Waals surface area contributed by atoms with Crippen LogP contribution in [0.4, 0.5) is 26.3 Å². The number of benzene rings is 2. The number of hydrogen-bond acceptors (Lipinski definition) is 2. The van der Waals surface area contributed by atoms with Gasteiger partial charge in [-0.1, -0.05) is 119 Å². The summed E-state index contributed by atoms with van der Waals surface area (Å²) in [6, 6.07) is 17.8. The van der Waals surface area contributed by atoms with Crippen LogP contribution < -0.4 is 0 Å². The molecule has 0 atom stereocenters. The maximum atomic E-state index is 15.4. The topological polar surface area (TPSA) is 57.4 Å². The molecule has 2 aliphatic rings. The lowest BCUT2D eigenvalue weighted by molar-refractivity contribution is -0.137. The summed E-state index contributed by atoms with van der Waals surface area (Å²) in [4.78, 5) is 15.4. The van der Waals surface area contributed by atoms with E-state index >= 15 is 26.3 Å². The predicted molar refractivity (Wildman–Crippen MR) is 235 cm³/mol. The second-order valence-corrected chi connectivity index (χ2v) is 20.1. The fraction of sp³-hybridized carbons (Fsp3) is 0.360. The lowest BCUT2D eigenvalue weighted by Crippen LogP contribution is -2.16. The van der Waals surface area contributed by atoms with Gasteiger partial charge in [0.25, 0.3) is 0 Å². The standard InChI is InChI=1S/C50H52F6N4/c1-45(2,3)29-21-27(22-30(25-29)46(4,5)6)41-33-13-17-37(57-33)43(49(51,52)53)39-19-15-35(59-39)42(28-23-31(47(7,8)9)26-32(24-28)48(10,11)12)36-16-20-40(60-36)44(50(54,55)56)38-18-14-34(41)58-38/h13-26,57-58H,1-12H3. The highest BCUT2D eigenvalue weighted by Crippen LogP contribution is 2.43. The molecule has 3 aromatic heterocycles. The summed E-state index contributed by atoms with van der Waals surface area (Å²) in [5.74, 6) is 0. The van der Waals surface area contributed by atoms with E-state index in [2.05, 4.69) is 115 Å². The third kappa shape index (κ3) is 8.22. The Morgan fingerprint density at radius 3 is 0.950 bits per heavy atom. The average molecular weight is 823 g/mol. The van der Waals surface area contributed by atoms with Gasteiger partial charge >= 0.3 is 12.4 Å². The zero-order valence-electron chi connectivity index (χ0n) is 36.2. The Morgan fingerprint density at radius 1 is 0.367 bits per heavy atom. The summed E-state index contributed by atoms with van der Waals surface area (Å²) in [7, 11) is 0. The number of aromatic nitrogens is 4. The number of rotatable bonds is 2. The van der Waals surface area contributed by atoms with Gasteiger partial charge in [0.05, 0.1) is 33.8 Å². The number of alkyl halides is 6. The van der Waals surface area contributed by atoms with Crippen LogP contribution in [0.3, 0.4) is 0 Å². The van der Waals surface area contributed by atoms with Crippen molar-refractivity contribution in [3.63, 3.8) is 0 Å². The molecule has 0 amide bonds. The Hall–Kier alpha value is -5.38. The van der Waals surface area contributed by atoms with Gasteiger partial charge in [0, 0.05) is 22.2 Å². The van der Waals surface area contributed by atoms with Gasteiger partial charge in [0.15, 0.2) is 0 Å². The van der Waals surface area contributed by atoms with Crippen LogP contribution in [-0.2, 0) is 34.0 Å². The highest BCUT2D eigenvalue weighted by atomic mass is 19.4. The summed E-state index contributed by atoms with van der Waals surface area (Å²) in [6.07, 6.45) is -4.08. The van der Waals surface area contributed by atoms with E-state index in [1.807, 2.05) is 24.3 Å². The Labute approximate surface area is 347 Å². The number of hydrogen-bond donors (Lipinski definition) is 2. The summed E-state index contributed by atoms with van der Waals surface area (Å²) < 4.78 is 92.5. The first-order valence-corrected chi connectivity index (χ1v) is 20.1. The fourth-order valence-electron chi connectivity index (χ4n) is 7.69. The summed E-state index contributed by atoms with van der Waals surface area (Å²) >= 11 is 0. The summed E-state index contributed by atoms with van der Waals surface area (Å²) in [5.41, 5.74) is 2.23. The first-order valence-electron chi connectivity index (χ1n) is 20.1. The molecule has 0 fully saturated rings. The van der Waals surface area contributed by atoms with Gasteiger partial charge in [-0.05, 0) is 104 Å². The van der Waals surface area contributed by atoms with Crippen molar-refractivity contribution in [2.45, 2.75) is 117 Å². The van der Waals surface area contributed by atoms with Crippen LogP contribution in [0.2, 0.25) is 0 Å². The number of H-pyrrole nitrogens is 2. The molecule has 0 radical (unpaired) electrons. The maximum absolute atomic E-state index is 15.4. The van der Waals surface area contributed by atoms with Crippen LogP contribution in [0, 0.1) is 0 Å². The Bertz CT molecular complexity index is 2580. The van der Waals surface area contributed by atoms with Crippen LogP contribution in [0.25, 0.3) is 68.6 Å². The van der Waals surface area contributed by atoms with E-state index in [1.54, 1.807) is 12.1 Å². The molecule has 4 nitrogen and oxygen atoms in total. The number of aromatic amines is 2. The molecular formula is C50H52F6N4. The molecule has 10 heteroatoms. The monoisotopic (exact) mass is 822 g/mol. The van der Waals surface area contributed by atoms with E-state index < -0.39 is 23.5 Å². The second-order valence-electron chi connectivity index (χ2n) is 20.1. The van der Waals surface area contributed by atoms with Gasteiger partial charge in [0.2, 0.25) is 0 Å². The molecule has 0 saturated heterocycles. The number of fused-ring (bicyclic) bond motifs is 8. The molecule has 7 rings (SSSR count). The molecule has 2 N–H and O–H groups in total. The molecule has 60 heavy (non-hydrogen) atoms. The number of halogens is 6. The van der Waals surface area contributed by atoms with Crippen molar-refractivity contribution in [3.05, 3.63) is 117 Å². The van der Waals surface area contributed by atoms with Crippen molar-refractivity contribution in [1.29, 1.82) is 0 Å². The molecule has 5 aromatic rings. The molecule has 5 heterocycles. The quantitative estimate of drug-likeness (QED) is 0.171. The van der Waals surface area contributed by atoms with Crippen LogP contribution in [0.15, 0.2) is 60.7 Å². The zero-order chi connectivity index (χ0) is 44.1. The van der Waals surface area contributed by atoms with Crippen molar-refractivity contribution in [1.82, 2.24) is 19.9 Å².